The Kier molecular flexibility index (Phi) is 9.60. The van der Waals surface area contributed by atoms with Gasteiger partial charge in [-0.3, -0.25) is 4.90 Å². The lowest BCUT2D eigenvalue weighted by molar-refractivity contribution is 0.306. The van der Waals surface area contributed by atoms with E-state index in [4.69, 9.17) is 20.8 Å². The Morgan fingerprint density at radius 3 is 2.60 bits per heavy atom. The zero-order valence-corrected chi connectivity index (χ0v) is 28.1. The van der Waals surface area contributed by atoms with Crippen LogP contribution in [-0.4, -0.2) is 56.2 Å². The molecule has 224 valence electrons. The summed E-state index contributed by atoms with van der Waals surface area (Å²) in [5.74, 6) is 2.20. The minimum Gasteiger partial charge on any atom is -0.487 e. The summed E-state index contributed by atoms with van der Waals surface area (Å²) in [4.78, 5) is 3.97. The summed E-state index contributed by atoms with van der Waals surface area (Å²) in [6.45, 7) is 3.43. The Labute approximate surface area is 270 Å². The third kappa shape index (κ3) is 7.67. The summed E-state index contributed by atoms with van der Waals surface area (Å²) in [6, 6.07) is 21.9. The molecule has 0 aliphatic heterocycles. The molecule has 0 radical (unpaired) electrons. The van der Waals surface area contributed by atoms with Crippen LogP contribution in [-0.2, 0) is 23.0 Å². The molecule has 11 heteroatoms. The molecule has 0 fully saturated rings. The summed E-state index contributed by atoms with van der Waals surface area (Å²) in [5, 5.41) is 10.0. The second-order valence-electron chi connectivity index (χ2n) is 10.6. The summed E-state index contributed by atoms with van der Waals surface area (Å²) in [6.07, 6.45) is 2.98. The average molecular weight is 731 g/mol. The van der Waals surface area contributed by atoms with Crippen molar-refractivity contribution in [1.29, 1.82) is 0 Å². The Balaban J connectivity index is 1.37. The molecule has 8 nitrogen and oxygen atoms in total. The van der Waals surface area contributed by atoms with Gasteiger partial charge in [0, 0.05) is 30.8 Å². The van der Waals surface area contributed by atoms with Crippen molar-refractivity contribution in [3.05, 3.63) is 98.4 Å². The normalized spacial score (nSPS) is 11.8. The van der Waals surface area contributed by atoms with E-state index < -0.39 is 9.84 Å². The highest BCUT2D eigenvalue weighted by atomic mass is 127. The van der Waals surface area contributed by atoms with Gasteiger partial charge in [-0.15, -0.1) is 0 Å². The van der Waals surface area contributed by atoms with Crippen LogP contribution in [0.5, 0.6) is 5.75 Å². The van der Waals surface area contributed by atoms with Crippen LogP contribution in [0.4, 0.5) is 11.4 Å². The first-order chi connectivity index (χ1) is 20.5. The van der Waals surface area contributed by atoms with Gasteiger partial charge in [0.2, 0.25) is 0 Å². The number of hydrogen-bond acceptors (Lipinski definition) is 8. The molecule has 0 bridgehead atoms. The zero-order valence-electron chi connectivity index (χ0n) is 24.3. The highest BCUT2D eigenvalue weighted by Crippen LogP contribution is 2.40. The van der Waals surface area contributed by atoms with E-state index in [1.807, 2.05) is 78.5 Å². The fourth-order valence-corrected chi connectivity index (χ4v) is 6.40. The second-order valence-corrected chi connectivity index (χ2v) is 14.4. The topological polar surface area (TPSA) is 88.8 Å². The summed E-state index contributed by atoms with van der Waals surface area (Å²) in [7, 11) is 0.825. The molecule has 2 heterocycles. The molecule has 0 atom stereocenters. The van der Waals surface area contributed by atoms with Gasteiger partial charge >= 0.3 is 0 Å². The van der Waals surface area contributed by atoms with Crippen LogP contribution in [0, 0.1) is 10.5 Å². The quantitative estimate of drug-likeness (QED) is 0.131. The molecule has 0 aliphatic rings. The van der Waals surface area contributed by atoms with Crippen LogP contribution in [0.1, 0.15) is 16.9 Å². The van der Waals surface area contributed by atoms with E-state index in [0.717, 1.165) is 42.7 Å². The molecule has 3 aromatic carbocycles. The monoisotopic (exact) mass is 730 g/mol. The van der Waals surface area contributed by atoms with Crippen molar-refractivity contribution < 1.29 is 17.6 Å². The van der Waals surface area contributed by atoms with E-state index in [-0.39, 0.29) is 5.75 Å². The molecule has 0 saturated carbocycles. The Morgan fingerprint density at radius 1 is 1.02 bits per heavy atom. The molecule has 0 saturated heterocycles. The van der Waals surface area contributed by atoms with E-state index in [9.17, 15) is 8.42 Å². The molecule has 0 aliphatic carbocycles. The number of sulfone groups is 1. The largest absolute Gasteiger partial charge is 0.487 e. The van der Waals surface area contributed by atoms with Gasteiger partial charge in [0.15, 0.2) is 0 Å². The SMILES string of the molecule is Cc1cccc(COc2ccc(N(C)c3cnnc4ccc(-c5ccc(CN(C)CCS(C)(=O)=O)o5)cc34)c(I)c2Cl)c1. The van der Waals surface area contributed by atoms with Gasteiger partial charge < -0.3 is 14.1 Å². The molecule has 43 heavy (non-hydrogen) atoms. The Hall–Kier alpha value is -3.19. The van der Waals surface area contributed by atoms with E-state index in [0.29, 0.717) is 36.2 Å². The fourth-order valence-electron chi connectivity index (χ4n) is 4.73. The molecule has 5 rings (SSSR count). The van der Waals surface area contributed by atoms with Crippen molar-refractivity contribution in [2.24, 2.45) is 0 Å². The number of hydrogen-bond donors (Lipinski definition) is 0. The van der Waals surface area contributed by atoms with E-state index >= 15 is 0 Å². The zero-order chi connectivity index (χ0) is 30.7. The predicted molar refractivity (Wildman–Crippen MR) is 181 cm³/mol. The second kappa shape index (κ2) is 13.2. The first-order valence-corrected chi connectivity index (χ1v) is 17.1. The maximum absolute atomic E-state index is 11.5. The first-order valence-electron chi connectivity index (χ1n) is 13.6. The van der Waals surface area contributed by atoms with Crippen LogP contribution in [0.2, 0.25) is 5.02 Å². The molecule has 0 amide bonds. The summed E-state index contributed by atoms with van der Waals surface area (Å²) < 4.78 is 36.1. The summed E-state index contributed by atoms with van der Waals surface area (Å²) >= 11 is 9.05. The molecular weight excluding hydrogens is 699 g/mol. The van der Waals surface area contributed by atoms with E-state index in [1.165, 1.54) is 11.8 Å². The molecule has 2 aromatic heterocycles. The minimum absolute atomic E-state index is 0.104. The van der Waals surface area contributed by atoms with Crippen LogP contribution < -0.4 is 9.64 Å². The number of nitrogens with zero attached hydrogens (tertiary/aromatic N) is 4. The van der Waals surface area contributed by atoms with Crippen molar-refractivity contribution in [3.8, 4) is 17.1 Å². The Bertz CT molecular complexity index is 1880. The number of aryl methyl sites for hydroxylation is 1. The van der Waals surface area contributed by atoms with Gasteiger partial charge in [0.1, 0.15) is 33.7 Å². The van der Waals surface area contributed by atoms with Gasteiger partial charge in [0.25, 0.3) is 0 Å². The predicted octanol–water partition coefficient (Wildman–Crippen LogP) is 7.28. The number of anilines is 2. The van der Waals surface area contributed by atoms with Gasteiger partial charge in [-0.1, -0.05) is 41.4 Å². The van der Waals surface area contributed by atoms with Crippen LogP contribution in [0.3, 0.4) is 0 Å². The highest BCUT2D eigenvalue weighted by molar-refractivity contribution is 14.1. The minimum atomic E-state index is -3.02. The number of furan rings is 1. The van der Waals surface area contributed by atoms with Crippen molar-refractivity contribution in [2.75, 3.05) is 37.5 Å². The Morgan fingerprint density at radius 2 is 1.84 bits per heavy atom. The number of benzene rings is 3. The summed E-state index contributed by atoms with van der Waals surface area (Å²) in [5.41, 5.74) is 5.68. The van der Waals surface area contributed by atoms with Crippen molar-refractivity contribution >= 4 is 66.3 Å². The number of fused-ring (bicyclic) bond motifs is 1. The smallest absolute Gasteiger partial charge is 0.148 e. The third-order valence-electron chi connectivity index (χ3n) is 7.06. The number of aromatic nitrogens is 2. The van der Waals surface area contributed by atoms with Crippen LogP contribution in [0.25, 0.3) is 22.2 Å². The number of rotatable bonds is 11. The van der Waals surface area contributed by atoms with E-state index in [2.05, 4.69) is 51.8 Å². The molecule has 5 aromatic rings. The van der Waals surface area contributed by atoms with Crippen LogP contribution >= 0.6 is 34.2 Å². The average Bonchev–Trinajstić information content (AvgIpc) is 3.44. The van der Waals surface area contributed by atoms with Crippen molar-refractivity contribution in [1.82, 2.24) is 15.1 Å². The number of halogens is 2. The molecule has 0 unspecified atom stereocenters. The van der Waals surface area contributed by atoms with Gasteiger partial charge in [-0.2, -0.15) is 10.2 Å². The lowest BCUT2D eigenvalue weighted by Gasteiger charge is -2.23. The first kappa shape index (κ1) is 31.2. The standard InChI is InChI=1S/C32H32ClIN4O4S/c1-21-6-5-7-22(16-21)20-41-30-13-11-27(32(34)31(30)33)38(3)28-18-35-36-26-10-8-23(17-25(26)28)29-12-9-24(42-29)19-37(2)14-15-43(4,39)40/h5-13,16-18H,14-15,19-20H2,1-4H3. The molecule has 0 N–H and O–H groups in total. The maximum atomic E-state index is 11.5. The third-order valence-corrected chi connectivity index (χ3v) is 9.77. The fraction of sp³-hybridized carbons (Fsp3) is 0.250. The van der Waals surface area contributed by atoms with Crippen LogP contribution in [0.15, 0.2) is 77.3 Å². The van der Waals surface area contributed by atoms with Gasteiger partial charge in [-0.05, 0) is 84.6 Å². The molecular formula is C32H32ClIN4O4S. The highest BCUT2D eigenvalue weighted by Gasteiger charge is 2.18. The van der Waals surface area contributed by atoms with Crippen molar-refractivity contribution in [3.63, 3.8) is 0 Å². The van der Waals surface area contributed by atoms with Crippen molar-refractivity contribution in [2.45, 2.75) is 20.1 Å². The lowest BCUT2D eigenvalue weighted by Crippen LogP contribution is -2.24. The number of ether oxygens (including phenoxy) is 1. The van der Waals surface area contributed by atoms with Gasteiger partial charge in [-0.25, -0.2) is 8.42 Å². The lowest BCUT2D eigenvalue weighted by atomic mass is 10.1. The molecule has 0 spiro atoms. The van der Waals surface area contributed by atoms with E-state index in [1.54, 1.807) is 6.20 Å². The van der Waals surface area contributed by atoms with Gasteiger partial charge in [0.05, 0.1) is 44.0 Å². The maximum Gasteiger partial charge on any atom is 0.148 e.